The molecule has 0 saturated heterocycles. The summed E-state index contributed by atoms with van der Waals surface area (Å²) in [5.74, 6) is 0.189. The fraction of sp³-hybridized carbons (Fsp3) is 0.929. The second-order valence-electron chi connectivity index (χ2n) is 5.81. The highest BCUT2D eigenvalue weighted by Crippen LogP contribution is 2.37. The molecular formula is C14H29Cl2N3O. The number of halogens is 2. The number of carbonyl (C=O) groups is 1. The van der Waals surface area contributed by atoms with Crippen LogP contribution in [0, 0.1) is 5.41 Å². The molecule has 2 rings (SSSR count). The van der Waals surface area contributed by atoms with E-state index in [0.717, 1.165) is 51.4 Å². The smallest absolute Gasteiger partial charge is 0.227 e. The van der Waals surface area contributed by atoms with Gasteiger partial charge in [-0.25, -0.2) is 0 Å². The Hall–Kier alpha value is -0.0300. The van der Waals surface area contributed by atoms with Crippen molar-refractivity contribution in [2.45, 2.75) is 51.5 Å². The molecule has 1 amide bonds. The zero-order valence-corrected chi connectivity index (χ0v) is 14.0. The number of carbonyl (C=O) groups excluding carboxylic acids is 1. The van der Waals surface area contributed by atoms with Gasteiger partial charge in [0, 0.05) is 25.7 Å². The Labute approximate surface area is 135 Å². The number of likely N-dealkylation sites (N-methyl/N-ethyl adjacent to an activating group) is 1. The molecule has 0 spiro atoms. The van der Waals surface area contributed by atoms with Crippen molar-refractivity contribution >= 4 is 30.7 Å². The average Bonchev–Trinajstić information content (AvgIpc) is 3.11. The molecule has 2 fully saturated rings. The van der Waals surface area contributed by atoms with Gasteiger partial charge in [-0.15, -0.1) is 24.8 Å². The Balaban J connectivity index is 0.00000180. The van der Waals surface area contributed by atoms with Crippen LogP contribution in [0.15, 0.2) is 0 Å². The first-order valence-electron chi connectivity index (χ1n) is 7.44. The normalized spacial score (nSPS) is 20.1. The highest BCUT2D eigenvalue weighted by Gasteiger charge is 2.39. The fourth-order valence-electron chi connectivity index (χ4n) is 3.11. The van der Waals surface area contributed by atoms with Crippen molar-refractivity contribution in [3.63, 3.8) is 0 Å². The lowest BCUT2D eigenvalue weighted by atomic mass is 9.85. The van der Waals surface area contributed by atoms with Crippen molar-refractivity contribution in [3.05, 3.63) is 0 Å². The molecule has 0 unspecified atom stereocenters. The standard InChI is InChI=1S/C14H27N3O.2ClH/c1-2-17(12-5-6-12)10-9-16-13(18)14(11-15)7-3-4-8-14;;/h12H,2-11,15H2,1H3,(H,16,18);2*1H. The molecule has 3 N–H and O–H groups in total. The summed E-state index contributed by atoms with van der Waals surface area (Å²) in [6.45, 7) is 5.53. The second kappa shape index (κ2) is 9.08. The van der Waals surface area contributed by atoms with Gasteiger partial charge in [0.25, 0.3) is 0 Å². The molecule has 6 heteroatoms. The van der Waals surface area contributed by atoms with Gasteiger partial charge in [-0.3, -0.25) is 9.69 Å². The lowest BCUT2D eigenvalue weighted by Gasteiger charge is -2.27. The molecule has 0 aromatic carbocycles. The lowest BCUT2D eigenvalue weighted by molar-refractivity contribution is -0.130. The van der Waals surface area contributed by atoms with Crippen LogP contribution in [0.2, 0.25) is 0 Å². The monoisotopic (exact) mass is 325 g/mol. The van der Waals surface area contributed by atoms with E-state index in [9.17, 15) is 4.79 Å². The van der Waals surface area contributed by atoms with Crippen molar-refractivity contribution in [2.75, 3.05) is 26.2 Å². The predicted molar refractivity (Wildman–Crippen MR) is 87.7 cm³/mol. The van der Waals surface area contributed by atoms with Crippen LogP contribution in [-0.4, -0.2) is 43.0 Å². The van der Waals surface area contributed by atoms with Crippen LogP contribution >= 0.6 is 24.8 Å². The van der Waals surface area contributed by atoms with Crippen LogP contribution in [0.4, 0.5) is 0 Å². The second-order valence-corrected chi connectivity index (χ2v) is 5.81. The molecule has 4 nitrogen and oxygen atoms in total. The zero-order chi connectivity index (χ0) is 13.0. The summed E-state index contributed by atoms with van der Waals surface area (Å²) in [4.78, 5) is 14.7. The molecule has 2 aliphatic carbocycles. The van der Waals surface area contributed by atoms with Crippen molar-refractivity contribution in [1.29, 1.82) is 0 Å². The van der Waals surface area contributed by atoms with Gasteiger partial charge in [-0.1, -0.05) is 19.8 Å². The highest BCUT2D eigenvalue weighted by molar-refractivity contribution is 5.85. The Kier molecular flexibility index (Phi) is 9.07. The van der Waals surface area contributed by atoms with E-state index in [2.05, 4.69) is 17.1 Å². The van der Waals surface area contributed by atoms with Gasteiger partial charge in [-0.05, 0) is 32.2 Å². The third-order valence-corrected chi connectivity index (χ3v) is 4.59. The van der Waals surface area contributed by atoms with Gasteiger partial charge in [-0.2, -0.15) is 0 Å². The lowest BCUT2D eigenvalue weighted by Crippen LogP contribution is -2.46. The van der Waals surface area contributed by atoms with E-state index in [1.54, 1.807) is 0 Å². The van der Waals surface area contributed by atoms with Gasteiger partial charge in [0.1, 0.15) is 0 Å². The third kappa shape index (κ3) is 4.76. The van der Waals surface area contributed by atoms with Crippen molar-refractivity contribution in [2.24, 2.45) is 11.1 Å². The average molecular weight is 326 g/mol. The Morgan fingerprint density at radius 3 is 2.35 bits per heavy atom. The molecule has 2 saturated carbocycles. The van der Waals surface area contributed by atoms with E-state index in [1.165, 1.54) is 12.8 Å². The first-order chi connectivity index (χ1) is 8.72. The van der Waals surface area contributed by atoms with E-state index in [-0.39, 0.29) is 36.1 Å². The molecule has 20 heavy (non-hydrogen) atoms. The van der Waals surface area contributed by atoms with Crippen molar-refractivity contribution in [3.8, 4) is 0 Å². The zero-order valence-electron chi connectivity index (χ0n) is 12.4. The van der Waals surface area contributed by atoms with Gasteiger partial charge >= 0.3 is 0 Å². The van der Waals surface area contributed by atoms with Crippen LogP contribution < -0.4 is 11.1 Å². The molecule has 0 aromatic heterocycles. The Morgan fingerprint density at radius 1 is 1.30 bits per heavy atom. The number of nitrogens with one attached hydrogen (secondary N) is 1. The number of amides is 1. The molecule has 0 heterocycles. The summed E-state index contributed by atoms with van der Waals surface area (Å²) in [5, 5.41) is 3.10. The number of nitrogens with zero attached hydrogens (tertiary/aromatic N) is 1. The minimum absolute atomic E-state index is 0. The number of rotatable bonds is 7. The molecular weight excluding hydrogens is 297 g/mol. The molecule has 0 bridgehead atoms. The summed E-state index contributed by atoms with van der Waals surface area (Å²) in [6.07, 6.45) is 6.88. The van der Waals surface area contributed by atoms with Crippen molar-refractivity contribution in [1.82, 2.24) is 10.2 Å². The van der Waals surface area contributed by atoms with Crippen LogP contribution in [0.5, 0.6) is 0 Å². The van der Waals surface area contributed by atoms with Crippen LogP contribution in [0.25, 0.3) is 0 Å². The first kappa shape index (κ1) is 20.0. The summed E-state index contributed by atoms with van der Waals surface area (Å²) in [7, 11) is 0. The molecule has 0 radical (unpaired) electrons. The topological polar surface area (TPSA) is 58.4 Å². The van der Waals surface area contributed by atoms with E-state index >= 15 is 0 Å². The molecule has 2 aliphatic rings. The fourth-order valence-corrected chi connectivity index (χ4v) is 3.11. The Morgan fingerprint density at radius 2 is 1.90 bits per heavy atom. The SMILES string of the molecule is CCN(CCNC(=O)C1(CN)CCCC1)C1CC1.Cl.Cl. The Bertz CT molecular complexity index is 292. The van der Waals surface area contributed by atoms with Crippen LogP contribution in [0.3, 0.4) is 0 Å². The minimum Gasteiger partial charge on any atom is -0.354 e. The van der Waals surface area contributed by atoms with Crippen LogP contribution in [-0.2, 0) is 4.79 Å². The highest BCUT2D eigenvalue weighted by atomic mass is 35.5. The van der Waals surface area contributed by atoms with Gasteiger partial charge in [0.2, 0.25) is 5.91 Å². The maximum absolute atomic E-state index is 12.2. The number of hydrogen-bond donors (Lipinski definition) is 2. The van der Waals surface area contributed by atoms with Gasteiger partial charge in [0.15, 0.2) is 0 Å². The molecule has 0 aromatic rings. The quantitative estimate of drug-likeness (QED) is 0.752. The number of hydrogen-bond acceptors (Lipinski definition) is 3. The number of nitrogens with two attached hydrogens (primary N) is 1. The third-order valence-electron chi connectivity index (χ3n) is 4.59. The predicted octanol–water partition coefficient (Wildman–Crippen LogP) is 1.95. The minimum atomic E-state index is -0.253. The van der Waals surface area contributed by atoms with Crippen LogP contribution in [0.1, 0.15) is 45.4 Å². The first-order valence-corrected chi connectivity index (χ1v) is 7.44. The maximum Gasteiger partial charge on any atom is 0.227 e. The molecule has 0 aliphatic heterocycles. The molecule has 0 atom stereocenters. The largest absolute Gasteiger partial charge is 0.354 e. The van der Waals surface area contributed by atoms with E-state index in [1.807, 2.05) is 0 Å². The van der Waals surface area contributed by atoms with E-state index in [4.69, 9.17) is 5.73 Å². The summed E-state index contributed by atoms with van der Waals surface area (Å²) in [5.41, 5.74) is 5.56. The molecule has 120 valence electrons. The van der Waals surface area contributed by atoms with Crippen molar-refractivity contribution < 1.29 is 4.79 Å². The van der Waals surface area contributed by atoms with Gasteiger partial charge in [0.05, 0.1) is 5.41 Å². The van der Waals surface area contributed by atoms with E-state index in [0.29, 0.717) is 6.54 Å². The summed E-state index contributed by atoms with van der Waals surface area (Å²) < 4.78 is 0. The maximum atomic E-state index is 12.2. The van der Waals surface area contributed by atoms with E-state index < -0.39 is 0 Å². The summed E-state index contributed by atoms with van der Waals surface area (Å²) in [6, 6.07) is 0.779. The summed E-state index contributed by atoms with van der Waals surface area (Å²) >= 11 is 0. The van der Waals surface area contributed by atoms with Gasteiger partial charge < -0.3 is 11.1 Å².